The molecule has 4 nitrogen and oxygen atoms in total. The molecular weight excluding hydrogens is 327 g/mol. The summed E-state index contributed by atoms with van der Waals surface area (Å²) in [4.78, 5) is 11.8. The third-order valence-electron chi connectivity index (χ3n) is 2.24. The molecule has 0 aromatic carbocycles. The minimum absolute atomic E-state index is 0.0638. The van der Waals surface area contributed by atoms with Crippen molar-refractivity contribution in [2.45, 2.75) is 25.6 Å². The molecule has 19 heavy (non-hydrogen) atoms. The zero-order valence-electron chi connectivity index (χ0n) is 10.0. The lowest BCUT2D eigenvalue weighted by molar-refractivity contribution is -0.134. The van der Waals surface area contributed by atoms with Crippen molar-refractivity contribution >= 4 is 21.6 Å². The van der Waals surface area contributed by atoms with E-state index in [-0.39, 0.29) is 29.5 Å². The van der Waals surface area contributed by atoms with Crippen LogP contribution >= 0.6 is 15.9 Å². The van der Waals surface area contributed by atoms with Gasteiger partial charge in [-0.1, -0.05) is 6.08 Å². The summed E-state index contributed by atoms with van der Waals surface area (Å²) in [5.74, 6) is 0. The van der Waals surface area contributed by atoms with Gasteiger partial charge in [0.05, 0.1) is 18.4 Å². The molecule has 0 atom stereocenters. The van der Waals surface area contributed by atoms with Gasteiger partial charge in [-0.2, -0.15) is 18.3 Å². The Morgan fingerprint density at radius 1 is 1.53 bits per heavy atom. The second-order valence-electron chi connectivity index (χ2n) is 3.79. The average Bonchev–Trinajstić information content (AvgIpc) is 2.32. The Kier molecular flexibility index (Phi) is 5.59. The van der Waals surface area contributed by atoms with Gasteiger partial charge in [0.25, 0.3) is 5.56 Å². The molecular formula is C11H13BrF3N3O. The van der Waals surface area contributed by atoms with Crippen molar-refractivity contribution in [3.8, 4) is 0 Å². The number of halogens is 4. The molecule has 1 aromatic heterocycles. The zero-order valence-corrected chi connectivity index (χ0v) is 11.6. The van der Waals surface area contributed by atoms with E-state index >= 15 is 0 Å². The second kappa shape index (κ2) is 6.74. The van der Waals surface area contributed by atoms with Crippen molar-refractivity contribution in [3.63, 3.8) is 0 Å². The highest BCUT2D eigenvalue weighted by molar-refractivity contribution is 9.10. The van der Waals surface area contributed by atoms with Crippen molar-refractivity contribution in [1.29, 1.82) is 0 Å². The molecule has 1 aromatic rings. The monoisotopic (exact) mass is 339 g/mol. The summed E-state index contributed by atoms with van der Waals surface area (Å²) >= 11 is 3.10. The van der Waals surface area contributed by atoms with Gasteiger partial charge in [-0.3, -0.25) is 4.79 Å². The van der Waals surface area contributed by atoms with Gasteiger partial charge in [0.2, 0.25) is 0 Å². The Bertz CT molecular complexity index is 499. The molecule has 0 fully saturated rings. The van der Waals surface area contributed by atoms with E-state index in [1.807, 2.05) is 0 Å². The Hall–Kier alpha value is -1.31. The zero-order chi connectivity index (χ0) is 14.5. The van der Waals surface area contributed by atoms with Gasteiger partial charge in [-0.15, -0.1) is 6.58 Å². The maximum absolute atomic E-state index is 12.0. The fourth-order valence-corrected chi connectivity index (χ4v) is 1.80. The normalized spacial score (nSPS) is 11.4. The van der Waals surface area contributed by atoms with E-state index in [4.69, 9.17) is 0 Å². The molecule has 0 aliphatic rings. The van der Waals surface area contributed by atoms with Crippen LogP contribution in [0.5, 0.6) is 0 Å². The van der Waals surface area contributed by atoms with Gasteiger partial charge >= 0.3 is 6.18 Å². The fourth-order valence-electron chi connectivity index (χ4n) is 1.35. The van der Waals surface area contributed by atoms with Crippen LogP contribution in [-0.2, 0) is 6.54 Å². The maximum atomic E-state index is 12.0. The standard InChI is InChI=1S/C11H13BrF3N3O/c1-2-6-18-10(19)9(12)8(7-17-18)16-5-3-4-11(13,14)15/h2,7,16H,1,3-6H2. The first kappa shape index (κ1) is 15.7. The van der Waals surface area contributed by atoms with E-state index < -0.39 is 12.6 Å². The minimum Gasteiger partial charge on any atom is -0.383 e. The molecule has 1 N–H and O–H groups in total. The first-order valence-corrected chi connectivity index (χ1v) is 6.31. The molecule has 0 spiro atoms. The molecule has 106 valence electrons. The fraction of sp³-hybridized carbons (Fsp3) is 0.455. The number of rotatable bonds is 6. The van der Waals surface area contributed by atoms with Crippen LogP contribution in [0.4, 0.5) is 18.9 Å². The minimum atomic E-state index is -4.16. The topological polar surface area (TPSA) is 46.9 Å². The van der Waals surface area contributed by atoms with E-state index in [1.54, 1.807) is 0 Å². The summed E-state index contributed by atoms with van der Waals surface area (Å²) in [6, 6.07) is 0. The average molecular weight is 340 g/mol. The van der Waals surface area contributed by atoms with Gasteiger partial charge in [-0.25, -0.2) is 4.68 Å². The van der Waals surface area contributed by atoms with E-state index in [9.17, 15) is 18.0 Å². The van der Waals surface area contributed by atoms with Crippen LogP contribution in [0.15, 0.2) is 28.1 Å². The smallest absolute Gasteiger partial charge is 0.383 e. The van der Waals surface area contributed by atoms with Crippen LogP contribution in [-0.4, -0.2) is 22.5 Å². The number of nitrogens with one attached hydrogen (secondary N) is 1. The molecule has 0 saturated heterocycles. The number of hydrogen-bond acceptors (Lipinski definition) is 3. The summed E-state index contributed by atoms with van der Waals surface area (Å²) in [7, 11) is 0. The van der Waals surface area contributed by atoms with Gasteiger partial charge in [0.15, 0.2) is 0 Å². The quantitative estimate of drug-likeness (QED) is 0.640. The van der Waals surface area contributed by atoms with Crippen LogP contribution < -0.4 is 10.9 Å². The number of allylic oxidation sites excluding steroid dienone is 1. The first-order valence-electron chi connectivity index (χ1n) is 5.52. The highest BCUT2D eigenvalue weighted by atomic mass is 79.9. The summed E-state index contributed by atoms with van der Waals surface area (Å²) in [5.41, 5.74) is 0.0215. The van der Waals surface area contributed by atoms with Gasteiger partial charge < -0.3 is 5.32 Å². The van der Waals surface area contributed by atoms with Crippen molar-refractivity contribution < 1.29 is 13.2 Å². The molecule has 0 saturated carbocycles. The van der Waals surface area contributed by atoms with Crippen LogP contribution in [0.3, 0.4) is 0 Å². The largest absolute Gasteiger partial charge is 0.389 e. The molecule has 0 bridgehead atoms. The van der Waals surface area contributed by atoms with Gasteiger partial charge in [0.1, 0.15) is 4.47 Å². The molecule has 0 radical (unpaired) electrons. The van der Waals surface area contributed by atoms with E-state index in [2.05, 4.69) is 32.9 Å². The lowest BCUT2D eigenvalue weighted by Crippen LogP contribution is -2.24. The third-order valence-corrected chi connectivity index (χ3v) is 3.01. The summed E-state index contributed by atoms with van der Waals surface area (Å²) in [6.45, 7) is 3.88. The maximum Gasteiger partial charge on any atom is 0.389 e. The molecule has 1 heterocycles. The summed E-state index contributed by atoms with van der Waals surface area (Å²) < 4.78 is 37.3. The predicted molar refractivity (Wildman–Crippen MR) is 70.2 cm³/mol. The van der Waals surface area contributed by atoms with Crippen molar-refractivity contribution in [3.05, 3.63) is 33.7 Å². The number of anilines is 1. The number of alkyl halides is 3. The third kappa shape index (κ3) is 5.06. The number of aromatic nitrogens is 2. The van der Waals surface area contributed by atoms with E-state index in [0.29, 0.717) is 5.69 Å². The Labute approximate surface area is 116 Å². The Morgan fingerprint density at radius 2 is 2.21 bits per heavy atom. The Morgan fingerprint density at radius 3 is 2.79 bits per heavy atom. The number of hydrogen-bond donors (Lipinski definition) is 1. The predicted octanol–water partition coefficient (Wildman–Crippen LogP) is 2.95. The molecule has 0 unspecified atom stereocenters. The lowest BCUT2D eigenvalue weighted by atomic mass is 10.3. The van der Waals surface area contributed by atoms with Crippen LogP contribution in [0, 0.1) is 0 Å². The first-order chi connectivity index (χ1) is 8.85. The Balaban J connectivity index is 2.63. The molecule has 0 aliphatic heterocycles. The molecule has 8 heteroatoms. The van der Waals surface area contributed by atoms with E-state index in [0.717, 1.165) is 0 Å². The summed E-state index contributed by atoms with van der Waals surface area (Å²) in [5, 5.41) is 6.62. The van der Waals surface area contributed by atoms with Crippen LogP contribution in [0.2, 0.25) is 0 Å². The molecule has 1 rings (SSSR count). The summed E-state index contributed by atoms with van der Waals surface area (Å²) in [6.07, 6.45) is -2.17. The van der Waals surface area contributed by atoms with Crippen molar-refractivity contribution in [2.75, 3.05) is 11.9 Å². The lowest BCUT2D eigenvalue weighted by Gasteiger charge is -2.10. The molecule has 0 amide bonds. The van der Waals surface area contributed by atoms with Gasteiger partial charge in [0, 0.05) is 13.0 Å². The highest BCUT2D eigenvalue weighted by Crippen LogP contribution is 2.22. The highest BCUT2D eigenvalue weighted by Gasteiger charge is 2.25. The van der Waals surface area contributed by atoms with Crippen LogP contribution in [0.1, 0.15) is 12.8 Å². The van der Waals surface area contributed by atoms with Crippen molar-refractivity contribution in [2.24, 2.45) is 0 Å². The number of nitrogens with zero attached hydrogens (tertiary/aromatic N) is 2. The SMILES string of the molecule is C=CCn1ncc(NCCCC(F)(F)F)c(Br)c1=O. The van der Waals surface area contributed by atoms with Crippen molar-refractivity contribution in [1.82, 2.24) is 9.78 Å². The van der Waals surface area contributed by atoms with E-state index in [1.165, 1.54) is 17.0 Å². The second-order valence-corrected chi connectivity index (χ2v) is 4.59. The van der Waals surface area contributed by atoms with Crippen LogP contribution in [0.25, 0.3) is 0 Å². The molecule has 0 aliphatic carbocycles. The van der Waals surface area contributed by atoms with Gasteiger partial charge in [-0.05, 0) is 22.4 Å².